The standard InChI is InChI=1S/C14H12FNO3/c15-11-7-6-9(13(17)14(16)18)8-12(11)19-10-4-2-1-3-5-10/h1-8,13,17H,(H2,16,18). The van der Waals surface area contributed by atoms with Crippen LogP contribution in [0.2, 0.25) is 0 Å². The Hall–Kier alpha value is -2.40. The minimum Gasteiger partial charge on any atom is -0.454 e. The summed E-state index contributed by atoms with van der Waals surface area (Å²) in [5.41, 5.74) is 5.17. The zero-order valence-corrected chi connectivity index (χ0v) is 9.92. The molecule has 0 aliphatic heterocycles. The molecule has 1 unspecified atom stereocenters. The van der Waals surface area contributed by atoms with Crippen LogP contribution in [0.5, 0.6) is 11.5 Å². The molecule has 0 spiro atoms. The molecule has 0 radical (unpaired) electrons. The van der Waals surface area contributed by atoms with E-state index in [1.165, 1.54) is 12.1 Å². The fourth-order valence-corrected chi connectivity index (χ4v) is 1.55. The van der Waals surface area contributed by atoms with Crippen LogP contribution in [-0.4, -0.2) is 11.0 Å². The molecule has 0 saturated carbocycles. The van der Waals surface area contributed by atoms with Gasteiger partial charge in [-0.25, -0.2) is 4.39 Å². The summed E-state index contributed by atoms with van der Waals surface area (Å²) < 4.78 is 18.9. The fourth-order valence-electron chi connectivity index (χ4n) is 1.55. The Balaban J connectivity index is 2.30. The summed E-state index contributed by atoms with van der Waals surface area (Å²) in [6, 6.07) is 12.3. The quantitative estimate of drug-likeness (QED) is 0.885. The molecule has 0 aliphatic carbocycles. The van der Waals surface area contributed by atoms with Gasteiger partial charge in [0.2, 0.25) is 0 Å². The third-order valence-electron chi connectivity index (χ3n) is 2.51. The summed E-state index contributed by atoms with van der Waals surface area (Å²) in [5.74, 6) is -1.13. The van der Waals surface area contributed by atoms with Gasteiger partial charge in [-0.15, -0.1) is 0 Å². The Morgan fingerprint density at radius 2 is 1.89 bits per heavy atom. The number of carbonyl (C=O) groups excluding carboxylic acids is 1. The van der Waals surface area contributed by atoms with Crippen molar-refractivity contribution in [2.75, 3.05) is 0 Å². The minimum absolute atomic E-state index is 0.0796. The first-order valence-electron chi connectivity index (χ1n) is 5.57. The molecule has 0 fully saturated rings. The van der Waals surface area contributed by atoms with Crippen molar-refractivity contribution in [3.63, 3.8) is 0 Å². The van der Waals surface area contributed by atoms with E-state index in [9.17, 15) is 14.3 Å². The molecule has 1 amide bonds. The Labute approximate surface area is 109 Å². The Bertz CT molecular complexity index is 586. The first kappa shape index (κ1) is 13.0. The maximum absolute atomic E-state index is 13.6. The number of aliphatic hydroxyl groups excluding tert-OH is 1. The van der Waals surface area contributed by atoms with E-state index in [4.69, 9.17) is 10.5 Å². The predicted octanol–water partition coefficient (Wildman–Crippen LogP) is 2.14. The second-order valence-electron chi connectivity index (χ2n) is 3.91. The van der Waals surface area contributed by atoms with Crippen LogP contribution in [0.1, 0.15) is 11.7 Å². The molecule has 1 atom stereocenters. The highest BCUT2D eigenvalue weighted by Gasteiger charge is 2.16. The van der Waals surface area contributed by atoms with Crippen LogP contribution >= 0.6 is 0 Å². The number of primary amides is 1. The number of hydrogen-bond acceptors (Lipinski definition) is 3. The van der Waals surface area contributed by atoms with Crippen LogP contribution in [0.4, 0.5) is 4.39 Å². The Kier molecular flexibility index (Phi) is 3.77. The molecule has 3 N–H and O–H groups in total. The molecule has 2 rings (SSSR count). The van der Waals surface area contributed by atoms with E-state index >= 15 is 0 Å². The molecule has 0 bridgehead atoms. The van der Waals surface area contributed by atoms with Gasteiger partial charge in [-0.3, -0.25) is 4.79 Å². The minimum atomic E-state index is -1.49. The van der Waals surface area contributed by atoms with Gasteiger partial charge < -0.3 is 15.6 Å². The molecule has 0 saturated heterocycles. The van der Waals surface area contributed by atoms with Crippen LogP contribution < -0.4 is 10.5 Å². The molecule has 98 valence electrons. The van der Waals surface area contributed by atoms with Crippen LogP contribution in [0.25, 0.3) is 0 Å². The average Bonchev–Trinajstić information content (AvgIpc) is 2.41. The molecule has 2 aromatic rings. The van der Waals surface area contributed by atoms with E-state index in [0.29, 0.717) is 5.75 Å². The number of hydrogen-bond donors (Lipinski definition) is 2. The zero-order chi connectivity index (χ0) is 13.8. The smallest absolute Gasteiger partial charge is 0.250 e. The highest BCUT2D eigenvalue weighted by Crippen LogP contribution is 2.27. The lowest BCUT2D eigenvalue weighted by molar-refractivity contribution is -0.126. The van der Waals surface area contributed by atoms with Gasteiger partial charge in [0, 0.05) is 0 Å². The van der Waals surface area contributed by atoms with Crippen LogP contribution in [-0.2, 0) is 4.79 Å². The van der Waals surface area contributed by atoms with Gasteiger partial charge in [0.1, 0.15) is 5.75 Å². The van der Waals surface area contributed by atoms with E-state index in [2.05, 4.69) is 0 Å². The number of benzene rings is 2. The molecule has 19 heavy (non-hydrogen) atoms. The number of rotatable bonds is 4. The van der Waals surface area contributed by atoms with Crippen molar-refractivity contribution in [2.24, 2.45) is 5.73 Å². The third kappa shape index (κ3) is 3.08. The lowest BCUT2D eigenvalue weighted by Crippen LogP contribution is -2.20. The number of amides is 1. The molecule has 5 heteroatoms. The fraction of sp³-hybridized carbons (Fsp3) is 0.0714. The van der Waals surface area contributed by atoms with Gasteiger partial charge in [0.05, 0.1) is 0 Å². The van der Waals surface area contributed by atoms with E-state index in [0.717, 1.165) is 6.07 Å². The number of nitrogens with two attached hydrogens (primary N) is 1. The van der Waals surface area contributed by atoms with Crippen LogP contribution in [0.3, 0.4) is 0 Å². The Morgan fingerprint density at radius 1 is 1.21 bits per heavy atom. The zero-order valence-electron chi connectivity index (χ0n) is 9.92. The monoisotopic (exact) mass is 261 g/mol. The van der Waals surface area contributed by atoms with Gasteiger partial charge in [0.15, 0.2) is 17.7 Å². The number of aliphatic hydroxyl groups is 1. The first-order chi connectivity index (χ1) is 9.08. The lowest BCUT2D eigenvalue weighted by atomic mass is 10.1. The molecular weight excluding hydrogens is 249 g/mol. The molecule has 0 aromatic heterocycles. The summed E-state index contributed by atoms with van der Waals surface area (Å²) in [6.07, 6.45) is -1.49. The highest BCUT2D eigenvalue weighted by molar-refractivity contribution is 5.80. The van der Waals surface area contributed by atoms with Crippen molar-refractivity contribution in [2.45, 2.75) is 6.10 Å². The van der Waals surface area contributed by atoms with Crippen molar-refractivity contribution >= 4 is 5.91 Å². The van der Waals surface area contributed by atoms with Crippen molar-refractivity contribution in [1.82, 2.24) is 0 Å². The maximum Gasteiger partial charge on any atom is 0.250 e. The van der Waals surface area contributed by atoms with Gasteiger partial charge in [-0.05, 0) is 29.8 Å². The van der Waals surface area contributed by atoms with Gasteiger partial charge in [-0.1, -0.05) is 24.3 Å². The van der Waals surface area contributed by atoms with Crippen molar-refractivity contribution < 1.29 is 19.0 Å². The van der Waals surface area contributed by atoms with E-state index < -0.39 is 17.8 Å². The second kappa shape index (κ2) is 5.49. The summed E-state index contributed by atoms with van der Waals surface area (Å²) >= 11 is 0. The Morgan fingerprint density at radius 3 is 2.53 bits per heavy atom. The SMILES string of the molecule is NC(=O)C(O)c1ccc(F)c(Oc2ccccc2)c1. The molecular formula is C14H12FNO3. The third-order valence-corrected chi connectivity index (χ3v) is 2.51. The van der Waals surface area contributed by atoms with E-state index in [1.807, 2.05) is 0 Å². The van der Waals surface area contributed by atoms with E-state index in [-0.39, 0.29) is 11.3 Å². The lowest BCUT2D eigenvalue weighted by Gasteiger charge is -2.11. The first-order valence-corrected chi connectivity index (χ1v) is 5.57. The van der Waals surface area contributed by atoms with Crippen molar-refractivity contribution in [3.05, 3.63) is 59.9 Å². The average molecular weight is 261 g/mol. The summed E-state index contributed by atoms with van der Waals surface area (Å²) in [4.78, 5) is 10.9. The predicted molar refractivity (Wildman–Crippen MR) is 67.1 cm³/mol. The molecule has 0 heterocycles. The topological polar surface area (TPSA) is 72.6 Å². The highest BCUT2D eigenvalue weighted by atomic mass is 19.1. The largest absolute Gasteiger partial charge is 0.454 e. The van der Waals surface area contributed by atoms with Crippen molar-refractivity contribution in [3.8, 4) is 11.5 Å². The normalized spacial score (nSPS) is 11.9. The second-order valence-corrected chi connectivity index (χ2v) is 3.91. The van der Waals surface area contributed by atoms with Gasteiger partial charge in [-0.2, -0.15) is 0 Å². The van der Waals surface area contributed by atoms with Crippen LogP contribution in [0.15, 0.2) is 48.5 Å². The molecule has 4 nitrogen and oxygen atoms in total. The summed E-state index contributed by atoms with van der Waals surface area (Å²) in [6.45, 7) is 0. The summed E-state index contributed by atoms with van der Waals surface area (Å²) in [7, 11) is 0. The van der Waals surface area contributed by atoms with Gasteiger partial charge >= 0.3 is 0 Å². The maximum atomic E-state index is 13.6. The van der Waals surface area contributed by atoms with Crippen molar-refractivity contribution in [1.29, 1.82) is 0 Å². The number of ether oxygens (including phenoxy) is 1. The van der Waals surface area contributed by atoms with E-state index in [1.54, 1.807) is 30.3 Å². The number of halogens is 1. The molecule has 2 aromatic carbocycles. The van der Waals surface area contributed by atoms with Crippen LogP contribution in [0, 0.1) is 5.82 Å². The van der Waals surface area contributed by atoms with Gasteiger partial charge in [0.25, 0.3) is 5.91 Å². The number of carbonyl (C=O) groups is 1. The number of para-hydroxylation sites is 1. The summed E-state index contributed by atoms with van der Waals surface area (Å²) in [5, 5.41) is 9.53. The molecule has 0 aliphatic rings.